The molecule has 0 atom stereocenters. The highest BCUT2D eigenvalue weighted by atomic mass is 15.3. The summed E-state index contributed by atoms with van der Waals surface area (Å²) in [5.74, 6) is 0. The minimum Gasteiger partial charge on any atom is -0.367 e. The van der Waals surface area contributed by atoms with E-state index >= 15 is 0 Å². The van der Waals surface area contributed by atoms with Crippen molar-refractivity contribution in [3.05, 3.63) is 36.4 Å². The molecule has 2 aromatic heterocycles. The SMILES string of the molecule is Cn1cc(N2CCN(c3ccc(C#N)nc3)CC2)cn1. The zero-order chi connectivity index (χ0) is 13.9. The molecule has 0 aromatic carbocycles. The summed E-state index contributed by atoms with van der Waals surface area (Å²) in [6.07, 6.45) is 5.72. The third-order valence-electron chi connectivity index (χ3n) is 3.56. The molecule has 0 unspecified atom stereocenters. The van der Waals surface area contributed by atoms with E-state index in [0.717, 1.165) is 31.9 Å². The van der Waals surface area contributed by atoms with Gasteiger partial charge in [-0.1, -0.05) is 0 Å². The van der Waals surface area contributed by atoms with Crippen LogP contribution in [0.1, 0.15) is 5.69 Å². The van der Waals surface area contributed by atoms with E-state index in [2.05, 4.69) is 19.9 Å². The van der Waals surface area contributed by atoms with Crippen molar-refractivity contribution in [1.82, 2.24) is 14.8 Å². The Kier molecular flexibility index (Phi) is 3.25. The highest BCUT2D eigenvalue weighted by molar-refractivity contribution is 5.50. The van der Waals surface area contributed by atoms with Gasteiger partial charge in [0.15, 0.2) is 0 Å². The minimum absolute atomic E-state index is 0.461. The zero-order valence-electron chi connectivity index (χ0n) is 11.4. The van der Waals surface area contributed by atoms with E-state index in [1.165, 1.54) is 5.69 Å². The van der Waals surface area contributed by atoms with Crippen LogP contribution >= 0.6 is 0 Å². The Balaban J connectivity index is 1.64. The van der Waals surface area contributed by atoms with Gasteiger partial charge in [0.2, 0.25) is 0 Å². The maximum absolute atomic E-state index is 8.76. The Labute approximate surface area is 117 Å². The van der Waals surface area contributed by atoms with E-state index in [1.54, 1.807) is 12.3 Å². The highest BCUT2D eigenvalue weighted by Gasteiger charge is 2.18. The molecule has 0 spiro atoms. The Morgan fingerprint density at radius 1 is 1.05 bits per heavy atom. The van der Waals surface area contributed by atoms with Gasteiger partial charge in [0, 0.05) is 39.4 Å². The normalized spacial score (nSPS) is 15.2. The first-order chi connectivity index (χ1) is 9.76. The fourth-order valence-corrected chi connectivity index (χ4v) is 2.43. The quantitative estimate of drug-likeness (QED) is 0.813. The topological polar surface area (TPSA) is 61.0 Å². The largest absolute Gasteiger partial charge is 0.367 e. The lowest BCUT2D eigenvalue weighted by Crippen LogP contribution is -2.46. The number of piperazine rings is 1. The van der Waals surface area contributed by atoms with Gasteiger partial charge in [-0.25, -0.2) is 4.98 Å². The molecule has 102 valence electrons. The second-order valence-corrected chi connectivity index (χ2v) is 4.86. The minimum atomic E-state index is 0.461. The van der Waals surface area contributed by atoms with E-state index in [-0.39, 0.29) is 0 Å². The van der Waals surface area contributed by atoms with Crippen molar-refractivity contribution in [2.75, 3.05) is 36.0 Å². The van der Waals surface area contributed by atoms with Crippen molar-refractivity contribution in [2.24, 2.45) is 7.05 Å². The van der Waals surface area contributed by atoms with Crippen molar-refractivity contribution in [2.45, 2.75) is 0 Å². The summed E-state index contributed by atoms with van der Waals surface area (Å²) in [5.41, 5.74) is 2.71. The molecule has 20 heavy (non-hydrogen) atoms. The summed E-state index contributed by atoms with van der Waals surface area (Å²) < 4.78 is 1.83. The molecule has 1 aliphatic heterocycles. The van der Waals surface area contributed by atoms with E-state index in [0.29, 0.717) is 5.69 Å². The predicted octanol–water partition coefficient (Wildman–Crippen LogP) is 1.01. The third kappa shape index (κ3) is 2.43. The number of nitrogens with zero attached hydrogens (tertiary/aromatic N) is 6. The van der Waals surface area contributed by atoms with E-state index in [1.807, 2.05) is 36.3 Å². The molecule has 1 fully saturated rings. The van der Waals surface area contributed by atoms with Crippen LogP contribution in [0.4, 0.5) is 11.4 Å². The lowest BCUT2D eigenvalue weighted by molar-refractivity contribution is 0.652. The van der Waals surface area contributed by atoms with Crippen molar-refractivity contribution >= 4 is 11.4 Å². The molecule has 3 rings (SSSR count). The Bertz CT molecular complexity index is 616. The monoisotopic (exact) mass is 268 g/mol. The number of pyridine rings is 1. The van der Waals surface area contributed by atoms with Crippen molar-refractivity contribution < 1.29 is 0 Å². The predicted molar refractivity (Wildman–Crippen MR) is 76.6 cm³/mol. The standard InChI is InChI=1S/C14H16N6/c1-18-11-14(10-17-18)20-6-4-19(5-7-20)13-3-2-12(8-15)16-9-13/h2-3,9-11H,4-7H2,1H3. The van der Waals surface area contributed by atoms with Gasteiger partial charge in [0.25, 0.3) is 0 Å². The molecule has 0 N–H and O–H groups in total. The van der Waals surface area contributed by atoms with Crippen molar-refractivity contribution in [1.29, 1.82) is 5.26 Å². The summed E-state index contributed by atoms with van der Waals surface area (Å²) >= 11 is 0. The average Bonchev–Trinajstić information content (AvgIpc) is 2.94. The number of rotatable bonds is 2. The van der Waals surface area contributed by atoms with Gasteiger partial charge in [-0.2, -0.15) is 10.4 Å². The summed E-state index contributed by atoms with van der Waals surface area (Å²) in [6, 6.07) is 5.77. The second-order valence-electron chi connectivity index (χ2n) is 4.86. The van der Waals surface area contributed by atoms with E-state index < -0.39 is 0 Å². The average molecular weight is 268 g/mol. The first-order valence-corrected chi connectivity index (χ1v) is 6.61. The van der Waals surface area contributed by atoms with Gasteiger partial charge in [0.1, 0.15) is 11.8 Å². The summed E-state index contributed by atoms with van der Waals surface area (Å²) in [4.78, 5) is 8.75. The van der Waals surface area contributed by atoms with Gasteiger partial charge in [0.05, 0.1) is 23.8 Å². The van der Waals surface area contributed by atoms with Crippen LogP contribution in [0.25, 0.3) is 0 Å². The molecular weight excluding hydrogens is 252 g/mol. The van der Waals surface area contributed by atoms with Crippen molar-refractivity contribution in [3.63, 3.8) is 0 Å². The lowest BCUT2D eigenvalue weighted by Gasteiger charge is -2.36. The Morgan fingerprint density at radius 2 is 1.75 bits per heavy atom. The van der Waals surface area contributed by atoms with Crippen LogP contribution in [0.2, 0.25) is 0 Å². The number of aryl methyl sites for hydroxylation is 1. The zero-order valence-corrected chi connectivity index (χ0v) is 11.4. The first-order valence-electron chi connectivity index (χ1n) is 6.61. The Morgan fingerprint density at radius 3 is 2.25 bits per heavy atom. The fourth-order valence-electron chi connectivity index (χ4n) is 2.43. The molecule has 1 saturated heterocycles. The van der Waals surface area contributed by atoms with Gasteiger partial charge in [-0.15, -0.1) is 0 Å². The van der Waals surface area contributed by atoms with Crippen LogP contribution in [0, 0.1) is 11.3 Å². The van der Waals surface area contributed by atoms with Gasteiger partial charge in [-0.3, -0.25) is 4.68 Å². The number of hydrogen-bond donors (Lipinski definition) is 0. The highest BCUT2D eigenvalue weighted by Crippen LogP contribution is 2.19. The molecular formula is C14H16N6. The summed E-state index contributed by atoms with van der Waals surface area (Å²) in [5, 5.41) is 13.0. The molecule has 1 aliphatic rings. The number of nitriles is 1. The molecule has 3 heterocycles. The molecule has 0 saturated carbocycles. The molecule has 6 nitrogen and oxygen atoms in total. The lowest BCUT2D eigenvalue weighted by atomic mass is 10.2. The van der Waals surface area contributed by atoms with Crippen LogP contribution in [0.3, 0.4) is 0 Å². The molecule has 2 aromatic rings. The van der Waals surface area contributed by atoms with Crippen LogP contribution in [0.15, 0.2) is 30.7 Å². The first kappa shape index (κ1) is 12.5. The molecule has 6 heteroatoms. The smallest absolute Gasteiger partial charge is 0.140 e. The molecule has 0 amide bonds. The van der Waals surface area contributed by atoms with E-state index in [9.17, 15) is 0 Å². The molecule has 0 radical (unpaired) electrons. The number of aromatic nitrogens is 3. The van der Waals surface area contributed by atoms with Crippen LogP contribution < -0.4 is 9.80 Å². The van der Waals surface area contributed by atoms with Crippen molar-refractivity contribution in [3.8, 4) is 6.07 Å². The Hall–Kier alpha value is -2.55. The fraction of sp³-hybridized carbons (Fsp3) is 0.357. The van der Waals surface area contributed by atoms with Crippen LogP contribution in [0.5, 0.6) is 0 Å². The van der Waals surface area contributed by atoms with Crippen LogP contribution in [-0.2, 0) is 7.05 Å². The van der Waals surface area contributed by atoms with Gasteiger partial charge in [-0.05, 0) is 12.1 Å². The third-order valence-corrected chi connectivity index (χ3v) is 3.56. The molecule has 0 aliphatic carbocycles. The van der Waals surface area contributed by atoms with Gasteiger partial charge < -0.3 is 9.80 Å². The number of anilines is 2. The number of hydrogen-bond acceptors (Lipinski definition) is 5. The van der Waals surface area contributed by atoms with Gasteiger partial charge >= 0.3 is 0 Å². The summed E-state index contributed by atoms with van der Waals surface area (Å²) in [6.45, 7) is 3.82. The van der Waals surface area contributed by atoms with E-state index in [4.69, 9.17) is 5.26 Å². The van der Waals surface area contributed by atoms with Crippen LogP contribution in [-0.4, -0.2) is 40.9 Å². The molecule has 0 bridgehead atoms. The maximum atomic E-state index is 8.76. The second kappa shape index (κ2) is 5.21. The maximum Gasteiger partial charge on any atom is 0.140 e. The summed E-state index contributed by atoms with van der Waals surface area (Å²) in [7, 11) is 1.93.